The minimum atomic E-state index is -1.87. The molecule has 0 aliphatic carbocycles. The second kappa shape index (κ2) is 7.82. The van der Waals surface area contributed by atoms with E-state index in [1.807, 2.05) is 6.92 Å². The van der Waals surface area contributed by atoms with E-state index in [0.717, 1.165) is 24.3 Å². The highest BCUT2D eigenvalue weighted by Gasteiger charge is 2.41. The SMILES string of the molecule is Cc1coc(=O)c(C#C[Si](C(C)C)(C(C)C)C(C)C)c1N1CCCC1. The van der Waals surface area contributed by atoms with Crippen molar-refractivity contribution in [3.05, 3.63) is 27.8 Å². The van der Waals surface area contributed by atoms with Crippen LogP contribution in [0.25, 0.3) is 0 Å². The van der Waals surface area contributed by atoms with E-state index < -0.39 is 8.07 Å². The van der Waals surface area contributed by atoms with Crippen molar-refractivity contribution in [3.8, 4) is 11.5 Å². The van der Waals surface area contributed by atoms with Crippen molar-refractivity contribution in [2.45, 2.75) is 77.9 Å². The molecule has 25 heavy (non-hydrogen) atoms. The molecular weight excluding hydrogens is 326 g/mol. The topological polar surface area (TPSA) is 33.5 Å². The quantitative estimate of drug-likeness (QED) is 0.553. The molecule has 0 amide bonds. The molecule has 2 heterocycles. The zero-order valence-corrected chi connectivity index (χ0v) is 17.9. The van der Waals surface area contributed by atoms with Gasteiger partial charge in [-0.25, -0.2) is 4.79 Å². The molecule has 0 spiro atoms. The number of aryl methyl sites for hydroxylation is 1. The first kappa shape index (κ1) is 19.8. The molecule has 1 fully saturated rings. The van der Waals surface area contributed by atoms with Crippen LogP contribution in [0.4, 0.5) is 5.69 Å². The Morgan fingerprint density at radius 2 is 1.56 bits per heavy atom. The van der Waals surface area contributed by atoms with Gasteiger partial charge in [-0.2, -0.15) is 0 Å². The van der Waals surface area contributed by atoms with Crippen LogP contribution < -0.4 is 10.5 Å². The summed E-state index contributed by atoms with van der Waals surface area (Å²) in [6, 6.07) is 0. The van der Waals surface area contributed by atoms with E-state index in [9.17, 15) is 4.79 Å². The fourth-order valence-corrected chi connectivity index (χ4v) is 9.82. The van der Waals surface area contributed by atoms with Gasteiger partial charge >= 0.3 is 5.63 Å². The standard InChI is InChI=1S/C21H33NO2Si/c1-15(2)25(16(3)4,17(5)6)13-10-19-20(22-11-8-9-12-22)18(7)14-24-21(19)23/h14-17H,8-9,11-12H2,1-7H3. The van der Waals surface area contributed by atoms with Crippen molar-refractivity contribution in [1.82, 2.24) is 0 Å². The van der Waals surface area contributed by atoms with Gasteiger partial charge in [0, 0.05) is 18.7 Å². The fraction of sp³-hybridized carbons (Fsp3) is 0.667. The minimum Gasteiger partial charge on any atom is -0.430 e. The maximum atomic E-state index is 12.5. The Balaban J connectivity index is 2.62. The minimum absolute atomic E-state index is 0.292. The zero-order valence-electron chi connectivity index (χ0n) is 16.9. The highest BCUT2D eigenvalue weighted by atomic mass is 28.3. The summed E-state index contributed by atoms with van der Waals surface area (Å²) in [5, 5.41) is 0. The molecule has 1 aliphatic heterocycles. The Kier molecular flexibility index (Phi) is 6.21. The Hall–Kier alpha value is -1.47. The van der Waals surface area contributed by atoms with Gasteiger partial charge in [0.1, 0.15) is 13.6 Å². The van der Waals surface area contributed by atoms with E-state index in [1.165, 1.54) is 12.8 Å². The lowest BCUT2D eigenvalue weighted by molar-refractivity contribution is 0.504. The predicted octanol–water partition coefficient (Wildman–Crippen LogP) is 5.12. The first-order valence-electron chi connectivity index (χ1n) is 9.62. The summed E-state index contributed by atoms with van der Waals surface area (Å²) >= 11 is 0. The Bertz CT molecular complexity index is 694. The van der Waals surface area contributed by atoms with Gasteiger partial charge in [0.15, 0.2) is 0 Å². The van der Waals surface area contributed by atoms with Crippen LogP contribution in [-0.2, 0) is 0 Å². The average Bonchev–Trinajstić information content (AvgIpc) is 3.03. The Labute approximate surface area is 153 Å². The largest absolute Gasteiger partial charge is 0.430 e. The average molecular weight is 360 g/mol. The summed E-state index contributed by atoms with van der Waals surface area (Å²) in [4.78, 5) is 14.8. The van der Waals surface area contributed by atoms with E-state index in [0.29, 0.717) is 22.2 Å². The van der Waals surface area contributed by atoms with E-state index in [2.05, 4.69) is 57.9 Å². The summed E-state index contributed by atoms with van der Waals surface area (Å²) in [5.41, 5.74) is 7.62. The van der Waals surface area contributed by atoms with Crippen molar-refractivity contribution in [3.63, 3.8) is 0 Å². The molecule has 1 saturated heterocycles. The molecule has 3 nitrogen and oxygen atoms in total. The molecule has 0 N–H and O–H groups in total. The molecular formula is C21H33NO2Si. The van der Waals surface area contributed by atoms with E-state index in [1.54, 1.807) is 6.26 Å². The molecule has 138 valence electrons. The lowest BCUT2D eigenvalue weighted by Gasteiger charge is -2.38. The predicted molar refractivity (Wildman–Crippen MR) is 109 cm³/mol. The molecule has 1 aliphatic rings. The van der Waals surface area contributed by atoms with Gasteiger partial charge < -0.3 is 9.32 Å². The number of anilines is 1. The third-order valence-corrected chi connectivity index (χ3v) is 12.1. The number of hydrogen-bond acceptors (Lipinski definition) is 3. The fourth-order valence-electron chi connectivity index (χ4n) is 4.61. The van der Waals surface area contributed by atoms with Crippen LogP contribution in [0.1, 0.15) is 65.5 Å². The van der Waals surface area contributed by atoms with Crippen LogP contribution in [0.2, 0.25) is 16.6 Å². The van der Waals surface area contributed by atoms with Gasteiger partial charge in [-0.05, 0) is 36.4 Å². The van der Waals surface area contributed by atoms with Crippen LogP contribution in [0.5, 0.6) is 0 Å². The van der Waals surface area contributed by atoms with Crippen LogP contribution >= 0.6 is 0 Å². The molecule has 2 rings (SSSR count). The molecule has 0 aromatic carbocycles. The molecule has 0 bridgehead atoms. The lowest BCUT2D eigenvalue weighted by Crippen LogP contribution is -2.43. The molecule has 4 heteroatoms. The number of nitrogens with zero attached hydrogens (tertiary/aromatic N) is 1. The van der Waals surface area contributed by atoms with E-state index in [-0.39, 0.29) is 5.63 Å². The highest BCUT2D eigenvalue weighted by Crippen LogP contribution is 2.41. The molecule has 1 aromatic rings. The third-order valence-electron chi connectivity index (χ3n) is 5.85. The lowest BCUT2D eigenvalue weighted by atomic mass is 10.1. The van der Waals surface area contributed by atoms with Crippen LogP contribution in [-0.4, -0.2) is 21.2 Å². The van der Waals surface area contributed by atoms with Gasteiger partial charge in [-0.15, -0.1) is 5.54 Å². The van der Waals surface area contributed by atoms with Gasteiger partial charge in [0.2, 0.25) is 0 Å². The molecule has 0 atom stereocenters. The number of hydrogen-bond donors (Lipinski definition) is 0. The molecule has 0 unspecified atom stereocenters. The molecule has 0 radical (unpaired) electrons. The van der Waals surface area contributed by atoms with E-state index in [4.69, 9.17) is 4.42 Å². The van der Waals surface area contributed by atoms with Crippen molar-refractivity contribution in [2.75, 3.05) is 18.0 Å². The summed E-state index contributed by atoms with van der Waals surface area (Å²) in [7, 11) is -1.87. The summed E-state index contributed by atoms with van der Waals surface area (Å²) in [6.45, 7) is 17.8. The molecule has 0 saturated carbocycles. The van der Waals surface area contributed by atoms with Gasteiger partial charge in [0.25, 0.3) is 0 Å². The van der Waals surface area contributed by atoms with Crippen molar-refractivity contribution >= 4 is 13.8 Å². The van der Waals surface area contributed by atoms with Crippen LogP contribution in [0.3, 0.4) is 0 Å². The Morgan fingerprint density at radius 1 is 1.04 bits per heavy atom. The van der Waals surface area contributed by atoms with Gasteiger partial charge in [-0.3, -0.25) is 0 Å². The van der Waals surface area contributed by atoms with Gasteiger partial charge in [0.05, 0.1) is 12.0 Å². The molecule has 1 aromatic heterocycles. The van der Waals surface area contributed by atoms with Crippen LogP contribution in [0.15, 0.2) is 15.5 Å². The normalized spacial score (nSPS) is 15.2. The van der Waals surface area contributed by atoms with E-state index >= 15 is 0 Å². The van der Waals surface area contributed by atoms with Crippen molar-refractivity contribution in [1.29, 1.82) is 0 Å². The second-order valence-corrected chi connectivity index (χ2v) is 13.9. The maximum absolute atomic E-state index is 12.5. The first-order valence-corrected chi connectivity index (χ1v) is 11.9. The highest BCUT2D eigenvalue weighted by molar-refractivity contribution is 6.90. The van der Waals surface area contributed by atoms with Crippen LogP contribution in [0, 0.1) is 18.4 Å². The van der Waals surface area contributed by atoms with Crippen molar-refractivity contribution in [2.24, 2.45) is 0 Å². The summed E-state index contributed by atoms with van der Waals surface area (Å²) in [6.07, 6.45) is 3.93. The summed E-state index contributed by atoms with van der Waals surface area (Å²) in [5.74, 6) is 3.35. The second-order valence-electron chi connectivity index (χ2n) is 8.27. The Morgan fingerprint density at radius 3 is 2.04 bits per heavy atom. The zero-order chi connectivity index (χ0) is 18.8. The monoisotopic (exact) mass is 359 g/mol. The number of rotatable bonds is 4. The first-order chi connectivity index (χ1) is 11.7. The summed E-state index contributed by atoms with van der Waals surface area (Å²) < 4.78 is 5.27. The van der Waals surface area contributed by atoms with Crippen molar-refractivity contribution < 1.29 is 4.42 Å². The maximum Gasteiger partial charge on any atom is 0.353 e. The van der Waals surface area contributed by atoms with Gasteiger partial charge in [-0.1, -0.05) is 47.5 Å². The third kappa shape index (κ3) is 3.72. The smallest absolute Gasteiger partial charge is 0.353 e.